The molecule has 2 aromatic carbocycles. The van der Waals surface area contributed by atoms with Crippen molar-refractivity contribution in [2.45, 2.75) is 117 Å². The minimum atomic E-state index is -1.17. The highest BCUT2D eigenvalue weighted by Crippen LogP contribution is 2.54. The molecule has 15 heteroatoms. The number of benzene rings is 2. The van der Waals surface area contributed by atoms with Gasteiger partial charge in [0.2, 0.25) is 17.7 Å². The quantitative estimate of drug-likeness (QED) is 0.142. The fourth-order valence-corrected chi connectivity index (χ4v) is 11.0. The highest BCUT2D eigenvalue weighted by molar-refractivity contribution is 5.96. The molecule has 3 fully saturated rings. The molecule has 2 saturated carbocycles. The Bertz CT molecular complexity index is 2580. The van der Waals surface area contributed by atoms with Crippen LogP contribution in [0.1, 0.15) is 96.6 Å². The summed E-state index contributed by atoms with van der Waals surface area (Å²) in [4.78, 5) is 78.0. The number of aryl methyl sites for hydroxylation is 1. The van der Waals surface area contributed by atoms with E-state index in [-0.39, 0.29) is 61.6 Å². The number of cyclic esters (lactones) is 1. The van der Waals surface area contributed by atoms with Crippen LogP contribution in [0.4, 0.5) is 0 Å². The van der Waals surface area contributed by atoms with E-state index in [1.54, 1.807) is 39.5 Å². The van der Waals surface area contributed by atoms with Gasteiger partial charge in [-0.2, -0.15) is 0 Å². The van der Waals surface area contributed by atoms with Crippen LogP contribution in [0.2, 0.25) is 0 Å². The Hall–Kier alpha value is -5.80. The fraction of sp³-hybridized carbons (Fsp3) is 0.547. The Morgan fingerprint density at radius 2 is 1.78 bits per heavy atom. The molecule has 1 saturated heterocycles. The highest BCUT2D eigenvalue weighted by Gasteiger charge is 2.49. The second-order valence-electron chi connectivity index (χ2n) is 20.8. The number of hydrazine groups is 1. The zero-order valence-electron chi connectivity index (χ0n) is 41.1. The number of phenols is 1. The standard InChI is InChI=1S/C53H69N7O8/c1-10-59-44-16-15-33-26-40(44)41(48(59)39-13-11-17-54-46(39)31(4)67-9)27-53(5,6)29-68-52(66)42-14-12-18-60(56-42)51(65)43(21-32-19-34(33)25-38(61)20-32)55-49(63)47(30(2)3)58(8)45(62)28-57(7)50(64)37-23-35-22-36(35)24-37/h11,13,15-17,19-20,25-26,30-31,35-37,42-43,47,56,61H,10,12,14,18,21-24,27-29H2,1-9H3,(H,55,63)/t31-,35-,36+,37-,42-,43-,47?/m0/s1. The van der Waals surface area contributed by atoms with Crippen LogP contribution in [0.25, 0.3) is 33.3 Å². The predicted molar refractivity (Wildman–Crippen MR) is 259 cm³/mol. The van der Waals surface area contributed by atoms with Crippen LogP contribution < -0.4 is 10.7 Å². The van der Waals surface area contributed by atoms with Crippen molar-refractivity contribution in [2.24, 2.45) is 29.1 Å². The highest BCUT2D eigenvalue weighted by atomic mass is 16.5. The lowest BCUT2D eigenvalue weighted by atomic mass is 9.84. The molecule has 0 radical (unpaired) electrons. The number of aromatic hydroxyl groups is 1. The summed E-state index contributed by atoms with van der Waals surface area (Å²) in [7, 11) is 4.87. The van der Waals surface area contributed by atoms with Crippen LogP contribution in [0, 0.1) is 29.1 Å². The van der Waals surface area contributed by atoms with E-state index in [4.69, 9.17) is 14.5 Å². The maximum atomic E-state index is 14.7. The van der Waals surface area contributed by atoms with Crippen LogP contribution in [0.3, 0.4) is 0 Å². The molecule has 4 aliphatic rings. The predicted octanol–water partition coefficient (Wildman–Crippen LogP) is 6.44. The number of nitrogens with zero attached hydrogens (tertiary/aromatic N) is 5. The van der Waals surface area contributed by atoms with Crippen molar-refractivity contribution in [1.29, 1.82) is 0 Å². The Morgan fingerprint density at radius 3 is 2.49 bits per heavy atom. The molecule has 4 heterocycles. The average Bonchev–Trinajstić information content (AvgIpc) is 3.80. The van der Waals surface area contributed by atoms with Crippen LogP contribution >= 0.6 is 0 Å². The van der Waals surface area contributed by atoms with Gasteiger partial charge in [-0.3, -0.25) is 34.0 Å². The Kier molecular flexibility index (Phi) is 14.1. The lowest BCUT2D eigenvalue weighted by Gasteiger charge is -2.37. The van der Waals surface area contributed by atoms with E-state index >= 15 is 0 Å². The monoisotopic (exact) mass is 932 g/mol. The molecule has 6 bridgehead atoms. The molecule has 8 rings (SSSR count). The number of likely N-dealkylation sites (N-methyl/N-ethyl adjacent to an activating group) is 2. The van der Waals surface area contributed by atoms with Gasteiger partial charge < -0.3 is 34.3 Å². The average molecular weight is 932 g/mol. The van der Waals surface area contributed by atoms with E-state index in [1.165, 1.54) is 21.2 Å². The van der Waals surface area contributed by atoms with E-state index in [2.05, 4.69) is 54.3 Å². The summed E-state index contributed by atoms with van der Waals surface area (Å²) in [6.07, 6.45) is 5.89. The van der Waals surface area contributed by atoms with Crippen molar-refractivity contribution in [3.63, 3.8) is 0 Å². The van der Waals surface area contributed by atoms with Crippen molar-refractivity contribution < 1.29 is 38.6 Å². The van der Waals surface area contributed by atoms with Crippen molar-refractivity contribution in [2.75, 3.05) is 40.9 Å². The number of amides is 4. The van der Waals surface area contributed by atoms with E-state index in [1.807, 2.05) is 39.0 Å². The lowest BCUT2D eigenvalue weighted by molar-refractivity contribution is -0.155. The number of ether oxygens (including phenoxy) is 2. The number of rotatable bonds is 11. The van der Waals surface area contributed by atoms with Gasteiger partial charge in [0.05, 0.1) is 30.6 Å². The summed E-state index contributed by atoms with van der Waals surface area (Å²) in [5.41, 5.74) is 9.55. The van der Waals surface area contributed by atoms with Gasteiger partial charge in [-0.1, -0.05) is 39.8 Å². The number of pyridine rings is 1. The number of carbonyl (C=O) groups is 5. The first kappa shape index (κ1) is 48.6. The maximum absolute atomic E-state index is 14.7. The van der Waals surface area contributed by atoms with Crippen molar-refractivity contribution in [3.05, 3.63) is 71.5 Å². The number of carbonyl (C=O) groups excluding carboxylic acids is 5. The summed E-state index contributed by atoms with van der Waals surface area (Å²) >= 11 is 0. The molecule has 0 spiro atoms. The molecule has 1 unspecified atom stereocenters. The van der Waals surface area contributed by atoms with E-state index in [0.29, 0.717) is 43.2 Å². The number of aromatic nitrogens is 2. The van der Waals surface area contributed by atoms with Crippen LogP contribution in [-0.4, -0.2) is 118 Å². The van der Waals surface area contributed by atoms with Gasteiger partial charge in [0, 0.05) is 74.7 Å². The molecule has 15 nitrogen and oxygen atoms in total. The van der Waals surface area contributed by atoms with Crippen LogP contribution in [-0.2, 0) is 52.8 Å². The third-order valence-corrected chi connectivity index (χ3v) is 14.7. The summed E-state index contributed by atoms with van der Waals surface area (Å²) < 4.78 is 14.2. The molecule has 2 aromatic heterocycles. The topological polar surface area (TPSA) is 176 Å². The smallest absolute Gasteiger partial charge is 0.324 e. The molecule has 7 atom stereocenters. The van der Waals surface area contributed by atoms with Gasteiger partial charge in [0.15, 0.2) is 0 Å². The van der Waals surface area contributed by atoms with Crippen LogP contribution in [0.15, 0.2) is 54.7 Å². The molecular formula is C53H69N7O8. The Labute approximate surface area is 399 Å². The molecule has 68 heavy (non-hydrogen) atoms. The second kappa shape index (κ2) is 19.7. The molecular weight excluding hydrogens is 863 g/mol. The summed E-state index contributed by atoms with van der Waals surface area (Å²) in [5.74, 6) is -1.13. The number of esters is 1. The number of fused-ring (bicyclic) bond motifs is 7. The molecule has 2 aliphatic carbocycles. The third kappa shape index (κ3) is 10.0. The number of nitrogens with one attached hydrogen (secondary N) is 2. The normalized spacial score (nSPS) is 23.3. The van der Waals surface area contributed by atoms with Crippen LogP contribution in [0.5, 0.6) is 5.75 Å². The first-order valence-corrected chi connectivity index (χ1v) is 24.4. The second-order valence-corrected chi connectivity index (χ2v) is 20.8. The van der Waals surface area contributed by atoms with Crippen molar-refractivity contribution in [1.82, 2.24) is 35.1 Å². The lowest BCUT2D eigenvalue weighted by Crippen LogP contribution is -2.62. The summed E-state index contributed by atoms with van der Waals surface area (Å²) in [5, 5.41) is 16.7. The first-order valence-electron chi connectivity index (χ1n) is 24.4. The molecule has 4 amide bonds. The van der Waals surface area contributed by atoms with E-state index in [9.17, 15) is 29.1 Å². The van der Waals surface area contributed by atoms with Gasteiger partial charge in [0.1, 0.15) is 23.9 Å². The Balaban J connectivity index is 1.16. The number of hydrogen-bond donors (Lipinski definition) is 3. The number of hydrogen-bond acceptors (Lipinski definition) is 10. The SMILES string of the molecule is CCn1c(-c2cccnc2[C@H](C)OC)c2c3cc(ccc31)-c1cc(O)cc(c1)C[C@H](NC(=O)C(C(C)C)N(C)C(=O)CN(C)C(=O)[C@H]1C[C@@H]3C[C@@H]3C1)C(=O)N1CCC[C@H](N1)C(=O)OCC(C)(C)C2. The Morgan fingerprint density at radius 1 is 1.03 bits per heavy atom. The minimum Gasteiger partial charge on any atom is -0.508 e. The third-order valence-electron chi connectivity index (χ3n) is 14.7. The summed E-state index contributed by atoms with van der Waals surface area (Å²) in [6, 6.07) is 12.5. The van der Waals surface area contributed by atoms with Gasteiger partial charge in [-0.05, 0) is 129 Å². The molecule has 2 aliphatic heterocycles. The van der Waals surface area contributed by atoms with E-state index in [0.717, 1.165) is 57.4 Å². The first-order chi connectivity index (χ1) is 32.4. The molecule has 364 valence electrons. The fourth-order valence-electron chi connectivity index (χ4n) is 11.0. The number of methoxy groups -OCH3 is 1. The molecule has 4 aromatic rings. The minimum absolute atomic E-state index is 0.0103. The van der Waals surface area contributed by atoms with Gasteiger partial charge in [0.25, 0.3) is 5.91 Å². The van der Waals surface area contributed by atoms with E-state index < -0.39 is 41.3 Å². The van der Waals surface area contributed by atoms with Gasteiger partial charge in [-0.15, -0.1) is 0 Å². The summed E-state index contributed by atoms with van der Waals surface area (Å²) in [6.45, 7) is 12.8. The maximum Gasteiger partial charge on any atom is 0.324 e. The van der Waals surface area contributed by atoms with Gasteiger partial charge >= 0.3 is 5.97 Å². The van der Waals surface area contributed by atoms with Crippen molar-refractivity contribution >= 4 is 40.5 Å². The largest absolute Gasteiger partial charge is 0.508 e. The van der Waals surface area contributed by atoms with Crippen molar-refractivity contribution in [3.8, 4) is 28.1 Å². The zero-order valence-corrected chi connectivity index (χ0v) is 41.1. The zero-order chi connectivity index (χ0) is 48.8. The number of phenolic OH excluding ortho intramolecular Hbond substituents is 1. The molecule has 3 N–H and O–H groups in total. The van der Waals surface area contributed by atoms with Gasteiger partial charge in [-0.25, -0.2) is 5.43 Å².